The fraction of sp³-hybridized carbons (Fsp3) is 0.294. The number of alkyl halides is 3. The molecule has 1 atom stereocenters. The fourth-order valence-corrected chi connectivity index (χ4v) is 2.15. The highest BCUT2D eigenvalue weighted by atomic mass is 19.4. The van der Waals surface area contributed by atoms with Gasteiger partial charge in [0.15, 0.2) is 0 Å². The zero-order valence-electron chi connectivity index (χ0n) is 13.0. The van der Waals surface area contributed by atoms with Gasteiger partial charge in [-0.05, 0) is 35.4 Å². The number of nitrogens with one attached hydrogen (secondary N) is 1. The van der Waals surface area contributed by atoms with Crippen molar-refractivity contribution in [1.29, 1.82) is 0 Å². The van der Waals surface area contributed by atoms with Crippen molar-refractivity contribution in [2.45, 2.75) is 19.0 Å². The topological polar surface area (TPSA) is 50.7 Å². The Kier molecular flexibility index (Phi) is 6.05. The van der Waals surface area contributed by atoms with Gasteiger partial charge in [0.25, 0.3) is 0 Å². The lowest BCUT2D eigenvalue weighted by atomic mass is 10.1. The van der Waals surface area contributed by atoms with Crippen molar-refractivity contribution in [2.75, 3.05) is 13.7 Å². The van der Waals surface area contributed by atoms with E-state index >= 15 is 0 Å². The smallest absolute Gasteiger partial charge is 0.497 e. The number of benzene rings is 2. The van der Waals surface area contributed by atoms with Crippen LogP contribution in [0.3, 0.4) is 0 Å². The third kappa shape index (κ3) is 5.75. The van der Waals surface area contributed by atoms with Crippen LogP contribution in [0.4, 0.5) is 13.2 Å². The summed E-state index contributed by atoms with van der Waals surface area (Å²) in [4.78, 5) is 0. The maximum atomic E-state index is 12.2. The first-order chi connectivity index (χ1) is 11.4. The molecule has 0 amide bonds. The average molecular weight is 341 g/mol. The minimum Gasteiger partial charge on any atom is -0.497 e. The minimum absolute atomic E-state index is 0.261. The molecular formula is C17H18F3NO3. The number of ether oxygens (including phenoxy) is 2. The van der Waals surface area contributed by atoms with E-state index in [-0.39, 0.29) is 12.3 Å². The van der Waals surface area contributed by atoms with Crippen molar-refractivity contribution < 1.29 is 27.8 Å². The third-order valence-corrected chi connectivity index (χ3v) is 3.30. The van der Waals surface area contributed by atoms with E-state index < -0.39 is 12.5 Å². The zero-order valence-corrected chi connectivity index (χ0v) is 13.0. The van der Waals surface area contributed by atoms with Gasteiger partial charge in [0.05, 0.1) is 13.2 Å². The first kappa shape index (κ1) is 18.1. The molecule has 0 aliphatic heterocycles. The summed E-state index contributed by atoms with van der Waals surface area (Å²) in [6.07, 6.45) is -5.44. The van der Waals surface area contributed by atoms with Gasteiger partial charge in [-0.15, -0.1) is 13.2 Å². The van der Waals surface area contributed by atoms with Crippen LogP contribution in [0.1, 0.15) is 17.2 Å². The molecule has 0 aliphatic carbocycles. The van der Waals surface area contributed by atoms with E-state index in [9.17, 15) is 18.3 Å². The van der Waals surface area contributed by atoms with E-state index in [1.165, 1.54) is 18.2 Å². The Labute approximate surface area is 137 Å². The van der Waals surface area contributed by atoms with Gasteiger partial charge in [0.1, 0.15) is 11.5 Å². The third-order valence-electron chi connectivity index (χ3n) is 3.30. The molecule has 0 fully saturated rings. The maximum Gasteiger partial charge on any atom is 0.573 e. The highest BCUT2D eigenvalue weighted by Gasteiger charge is 2.31. The maximum absolute atomic E-state index is 12.2. The van der Waals surface area contributed by atoms with E-state index in [0.29, 0.717) is 17.9 Å². The molecule has 2 N–H and O–H groups in total. The highest BCUT2D eigenvalue weighted by molar-refractivity contribution is 5.29. The molecule has 4 nitrogen and oxygen atoms in total. The van der Waals surface area contributed by atoms with Gasteiger partial charge in [-0.25, -0.2) is 0 Å². The van der Waals surface area contributed by atoms with E-state index in [2.05, 4.69) is 10.1 Å². The van der Waals surface area contributed by atoms with Gasteiger partial charge >= 0.3 is 6.36 Å². The number of methoxy groups -OCH3 is 1. The van der Waals surface area contributed by atoms with Crippen LogP contribution in [-0.2, 0) is 6.54 Å². The van der Waals surface area contributed by atoms with Gasteiger partial charge < -0.3 is 19.9 Å². The lowest BCUT2D eigenvalue weighted by molar-refractivity contribution is -0.274. The summed E-state index contributed by atoms with van der Waals surface area (Å²) in [6.45, 7) is 0.568. The van der Waals surface area contributed by atoms with Gasteiger partial charge in [-0.3, -0.25) is 0 Å². The molecule has 0 heterocycles. The van der Waals surface area contributed by atoms with Crippen molar-refractivity contribution in [3.63, 3.8) is 0 Å². The molecule has 0 saturated carbocycles. The number of rotatable bonds is 7. The SMILES string of the molecule is COc1ccc(C(O)CNCc2cccc(OC(F)(F)F)c2)cc1. The summed E-state index contributed by atoms with van der Waals surface area (Å²) in [7, 11) is 1.56. The fourth-order valence-electron chi connectivity index (χ4n) is 2.15. The molecule has 0 aliphatic rings. The molecule has 1 unspecified atom stereocenters. The monoisotopic (exact) mass is 341 g/mol. The Morgan fingerprint density at radius 1 is 1.08 bits per heavy atom. The summed E-state index contributed by atoms with van der Waals surface area (Å²) in [5.74, 6) is 0.429. The Morgan fingerprint density at radius 2 is 1.79 bits per heavy atom. The lowest BCUT2D eigenvalue weighted by Crippen LogP contribution is -2.21. The first-order valence-electron chi connectivity index (χ1n) is 7.25. The Morgan fingerprint density at radius 3 is 2.42 bits per heavy atom. The molecule has 24 heavy (non-hydrogen) atoms. The van der Waals surface area contributed by atoms with Crippen LogP contribution in [0, 0.1) is 0 Å². The number of hydrogen-bond acceptors (Lipinski definition) is 4. The summed E-state index contributed by atoms with van der Waals surface area (Å²) in [5.41, 5.74) is 1.34. The normalized spacial score (nSPS) is 12.7. The van der Waals surface area contributed by atoms with Gasteiger partial charge in [-0.2, -0.15) is 0 Å². The van der Waals surface area contributed by atoms with Crippen molar-refractivity contribution in [3.05, 3.63) is 59.7 Å². The quantitative estimate of drug-likeness (QED) is 0.810. The molecular weight excluding hydrogens is 323 g/mol. The predicted octanol–water partition coefficient (Wildman–Crippen LogP) is 3.42. The molecule has 2 aromatic rings. The van der Waals surface area contributed by atoms with Gasteiger partial charge in [0, 0.05) is 13.1 Å². The largest absolute Gasteiger partial charge is 0.573 e. The predicted molar refractivity (Wildman–Crippen MR) is 82.8 cm³/mol. The average Bonchev–Trinajstić information content (AvgIpc) is 2.53. The molecule has 2 aromatic carbocycles. The Balaban J connectivity index is 1.85. The Bertz CT molecular complexity index is 644. The van der Waals surface area contributed by atoms with Crippen LogP contribution in [0.2, 0.25) is 0 Å². The number of aliphatic hydroxyl groups excluding tert-OH is 1. The van der Waals surface area contributed by atoms with Gasteiger partial charge in [0.2, 0.25) is 0 Å². The second-order valence-electron chi connectivity index (χ2n) is 5.12. The number of aliphatic hydroxyl groups is 1. The minimum atomic E-state index is -4.71. The van der Waals surface area contributed by atoms with Crippen LogP contribution in [-0.4, -0.2) is 25.1 Å². The molecule has 0 spiro atoms. The zero-order chi connectivity index (χ0) is 17.6. The molecule has 130 valence electrons. The van der Waals surface area contributed by atoms with E-state index in [1.807, 2.05) is 0 Å². The van der Waals surface area contributed by atoms with Crippen LogP contribution in [0.5, 0.6) is 11.5 Å². The summed E-state index contributed by atoms with van der Waals surface area (Å²) in [6, 6.07) is 12.7. The number of hydrogen-bond donors (Lipinski definition) is 2. The van der Waals surface area contributed by atoms with Crippen molar-refractivity contribution in [2.24, 2.45) is 0 Å². The summed E-state index contributed by atoms with van der Waals surface area (Å²) >= 11 is 0. The number of halogens is 3. The summed E-state index contributed by atoms with van der Waals surface area (Å²) < 4.78 is 45.5. The summed E-state index contributed by atoms with van der Waals surface area (Å²) in [5, 5.41) is 13.1. The van der Waals surface area contributed by atoms with Crippen molar-refractivity contribution >= 4 is 0 Å². The molecule has 0 aromatic heterocycles. The molecule has 2 rings (SSSR count). The van der Waals surface area contributed by atoms with E-state index in [1.54, 1.807) is 37.4 Å². The van der Waals surface area contributed by atoms with Gasteiger partial charge in [-0.1, -0.05) is 24.3 Å². The van der Waals surface area contributed by atoms with E-state index in [0.717, 1.165) is 5.56 Å². The molecule has 7 heteroatoms. The lowest BCUT2D eigenvalue weighted by Gasteiger charge is -2.14. The molecule has 0 radical (unpaired) electrons. The van der Waals surface area contributed by atoms with Crippen LogP contribution >= 0.6 is 0 Å². The second-order valence-corrected chi connectivity index (χ2v) is 5.12. The van der Waals surface area contributed by atoms with Crippen LogP contribution in [0.25, 0.3) is 0 Å². The first-order valence-corrected chi connectivity index (χ1v) is 7.25. The second kappa shape index (κ2) is 8.03. The van der Waals surface area contributed by atoms with Crippen LogP contribution in [0.15, 0.2) is 48.5 Å². The Hall–Kier alpha value is -2.25. The van der Waals surface area contributed by atoms with E-state index in [4.69, 9.17) is 4.74 Å². The molecule has 0 saturated heterocycles. The van der Waals surface area contributed by atoms with Crippen LogP contribution < -0.4 is 14.8 Å². The van der Waals surface area contributed by atoms with Crippen molar-refractivity contribution in [1.82, 2.24) is 5.32 Å². The molecule has 0 bridgehead atoms. The van der Waals surface area contributed by atoms with Crippen molar-refractivity contribution in [3.8, 4) is 11.5 Å². The highest BCUT2D eigenvalue weighted by Crippen LogP contribution is 2.23. The standard InChI is InChI=1S/C17H18F3NO3/c1-23-14-7-5-13(6-8-14)16(22)11-21-10-12-3-2-4-15(9-12)24-17(18,19)20/h2-9,16,21-22H,10-11H2,1H3.